The molecule has 1 atom stereocenters. The normalized spacial score (nSPS) is 13.4. The van der Waals surface area contributed by atoms with Gasteiger partial charge in [-0.15, -0.1) is 45.6 Å². The lowest BCUT2D eigenvalue weighted by atomic mass is 10.3. The van der Waals surface area contributed by atoms with Gasteiger partial charge in [0.2, 0.25) is 0 Å². The smallest absolute Gasteiger partial charge is 0.103 e. The van der Waals surface area contributed by atoms with E-state index in [9.17, 15) is 0 Å². The van der Waals surface area contributed by atoms with E-state index >= 15 is 0 Å². The Kier molecular flexibility index (Phi) is 3.34. The van der Waals surface area contributed by atoms with E-state index in [1.807, 2.05) is 0 Å². The minimum atomic E-state index is -0.0346. The number of rotatable bonds is 2. The van der Waals surface area contributed by atoms with Crippen LogP contribution in [0.2, 0.25) is 0 Å². The summed E-state index contributed by atoms with van der Waals surface area (Å²) in [7, 11) is 0. The lowest BCUT2D eigenvalue weighted by Gasteiger charge is -2.04. The van der Waals surface area contributed by atoms with Crippen LogP contribution in [-0.2, 0) is 0 Å². The number of alkyl halides is 1. The summed E-state index contributed by atoms with van der Waals surface area (Å²) in [5.74, 6) is 0. The molecule has 0 amide bonds. The van der Waals surface area contributed by atoms with Gasteiger partial charge in [-0.1, -0.05) is 0 Å². The van der Waals surface area contributed by atoms with Crippen molar-refractivity contribution in [1.82, 2.24) is 0 Å². The SMILES string of the molecule is Cc1cc(Br)c(C(Cl)c2cc3sccc3s2)s1. The van der Waals surface area contributed by atoms with Gasteiger partial charge < -0.3 is 0 Å². The summed E-state index contributed by atoms with van der Waals surface area (Å²) in [6.07, 6.45) is 0. The number of hydrogen-bond donors (Lipinski definition) is 0. The van der Waals surface area contributed by atoms with E-state index in [4.69, 9.17) is 11.6 Å². The second kappa shape index (κ2) is 4.67. The van der Waals surface area contributed by atoms with Gasteiger partial charge in [0.1, 0.15) is 5.38 Å². The number of hydrogen-bond acceptors (Lipinski definition) is 3. The van der Waals surface area contributed by atoms with Crippen molar-refractivity contribution in [3.8, 4) is 0 Å². The molecule has 3 heterocycles. The summed E-state index contributed by atoms with van der Waals surface area (Å²) in [5.41, 5.74) is 0. The molecule has 0 aromatic carbocycles. The molecule has 0 radical (unpaired) electrons. The molecule has 3 aromatic rings. The fourth-order valence-corrected chi connectivity index (χ4v) is 6.35. The summed E-state index contributed by atoms with van der Waals surface area (Å²) >= 11 is 15.5. The average Bonchev–Trinajstić information content (AvgIpc) is 2.90. The van der Waals surface area contributed by atoms with E-state index in [1.165, 1.54) is 24.0 Å². The number of thiophene rings is 3. The van der Waals surface area contributed by atoms with Gasteiger partial charge in [-0.2, -0.15) is 0 Å². The minimum Gasteiger partial charge on any atom is -0.143 e. The summed E-state index contributed by atoms with van der Waals surface area (Å²) in [6.45, 7) is 2.11. The Morgan fingerprint density at radius 3 is 2.71 bits per heavy atom. The van der Waals surface area contributed by atoms with Crippen molar-refractivity contribution in [2.24, 2.45) is 0 Å². The van der Waals surface area contributed by atoms with Crippen LogP contribution in [0, 0.1) is 6.92 Å². The quantitative estimate of drug-likeness (QED) is 0.461. The molecule has 0 fully saturated rings. The molecule has 5 heteroatoms. The van der Waals surface area contributed by atoms with Crippen molar-refractivity contribution >= 4 is 70.9 Å². The maximum absolute atomic E-state index is 6.57. The highest BCUT2D eigenvalue weighted by Crippen LogP contribution is 2.43. The summed E-state index contributed by atoms with van der Waals surface area (Å²) in [6, 6.07) is 6.50. The van der Waals surface area contributed by atoms with E-state index < -0.39 is 0 Å². The molecule has 3 aromatic heterocycles. The first kappa shape index (κ1) is 12.2. The van der Waals surface area contributed by atoms with Crippen LogP contribution in [0.15, 0.2) is 28.1 Å². The van der Waals surface area contributed by atoms with Crippen LogP contribution >= 0.6 is 61.5 Å². The van der Waals surface area contributed by atoms with Crippen molar-refractivity contribution in [2.75, 3.05) is 0 Å². The predicted octanol–water partition coefficient (Wildman–Crippen LogP) is 6.42. The van der Waals surface area contributed by atoms with Gasteiger partial charge >= 0.3 is 0 Å². The first-order chi connectivity index (χ1) is 8.15. The molecular weight excluding hydrogens is 356 g/mol. The fraction of sp³-hybridized carbons (Fsp3) is 0.167. The molecule has 0 aliphatic rings. The van der Waals surface area contributed by atoms with Crippen LogP contribution in [0.5, 0.6) is 0 Å². The van der Waals surface area contributed by atoms with Gasteiger partial charge in [0.15, 0.2) is 0 Å². The molecule has 17 heavy (non-hydrogen) atoms. The monoisotopic (exact) mass is 362 g/mol. The van der Waals surface area contributed by atoms with Gasteiger partial charge in [-0.25, -0.2) is 0 Å². The first-order valence-corrected chi connectivity index (χ1v) is 8.76. The van der Waals surface area contributed by atoms with Crippen LogP contribution in [0.25, 0.3) is 9.40 Å². The fourth-order valence-electron chi connectivity index (χ4n) is 1.71. The number of halogens is 2. The van der Waals surface area contributed by atoms with E-state index in [2.05, 4.69) is 46.4 Å². The standard InChI is InChI=1S/C12H8BrClS3/c1-6-4-7(13)12(16-6)11(14)10-5-9-8(17-10)2-3-15-9/h2-5,11H,1H3. The van der Waals surface area contributed by atoms with Crippen molar-refractivity contribution in [3.63, 3.8) is 0 Å². The largest absolute Gasteiger partial charge is 0.143 e. The third kappa shape index (κ3) is 2.22. The van der Waals surface area contributed by atoms with Gasteiger partial charge in [0.25, 0.3) is 0 Å². The summed E-state index contributed by atoms with van der Waals surface area (Å²) in [5, 5.41) is 2.09. The highest BCUT2D eigenvalue weighted by Gasteiger charge is 2.19. The van der Waals surface area contributed by atoms with Crippen LogP contribution < -0.4 is 0 Å². The highest BCUT2D eigenvalue weighted by molar-refractivity contribution is 9.10. The zero-order chi connectivity index (χ0) is 12.0. The van der Waals surface area contributed by atoms with E-state index in [0.29, 0.717) is 0 Å². The molecule has 0 spiro atoms. The molecule has 0 saturated heterocycles. The molecule has 0 bridgehead atoms. The van der Waals surface area contributed by atoms with E-state index in [-0.39, 0.29) is 5.38 Å². The highest BCUT2D eigenvalue weighted by atomic mass is 79.9. The minimum absolute atomic E-state index is 0.0346. The van der Waals surface area contributed by atoms with Crippen molar-refractivity contribution in [3.05, 3.63) is 42.7 Å². The first-order valence-electron chi connectivity index (χ1n) is 5.02. The van der Waals surface area contributed by atoms with Gasteiger partial charge in [0.05, 0.1) is 0 Å². The van der Waals surface area contributed by atoms with Crippen molar-refractivity contribution in [2.45, 2.75) is 12.3 Å². The Bertz CT molecular complexity index is 636. The van der Waals surface area contributed by atoms with Gasteiger partial charge in [-0.3, -0.25) is 0 Å². The Morgan fingerprint density at radius 1 is 1.24 bits per heavy atom. The maximum atomic E-state index is 6.57. The molecule has 3 rings (SSSR count). The Balaban J connectivity index is 2.04. The number of aryl methyl sites for hydroxylation is 1. The Labute approximate surface area is 125 Å². The molecule has 88 valence electrons. The zero-order valence-electron chi connectivity index (χ0n) is 8.87. The maximum Gasteiger partial charge on any atom is 0.103 e. The third-order valence-electron chi connectivity index (χ3n) is 2.47. The Hall–Kier alpha value is 0.130. The zero-order valence-corrected chi connectivity index (χ0v) is 13.7. The van der Waals surface area contributed by atoms with Gasteiger partial charge in [-0.05, 0) is 46.4 Å². The lowest BCUT2D eigenvalue weighted by Crippen LogP contribution is -1.85. The lowest BCUT2D eigenvalue weighted by molar-refractivity contribution is 1.23. The third-order valence-corrected chi connectivity index (χ3v) is 7.38. The van der Waals surface area contributed by atoms with Crippen molar-refractivity contribution < 1.29 is 0 Å². The second-order valence-corrected chi connectivity index (χ2v) is 8.37. The Morgan fingerprint density at radius 2 is 2.06 bits per heavy atom. The molecule has 0 nitrogen and oxygen atoms in total. The number of fused-ring (bicyclic) bond motifs is 1. The predicted molar refractivity (Wildman–Crippen MR) is 84.2 cm³/mol. The average molecular weight is 364 g/mol. The molecule has 0 aliphatic heterocycles. The van der Waals surface area contributed by atoms with Crippen molar-refractivity contribution in [1.29, 1.82) is 0 Å². The molecule has 1 unspecified atom stereocenters. The molecule has 0 aliphatic carbocycles. The molecule has 0 saturated carbocycles. The summed E-state index contributed by atoms with van der Waals surface area (Å²) in [4.78, 5) is 3.73. The van der Waals surface area contributed by atoms with Gasteiger partial charge in [0, 0.05) is 28.5 Å². The van der Waals surface area contributed by atoms with Crippen LogP contribution in [0.1, 0.15) is 20.0 Å². The van der Waals surface area contributed by atoms with Crippen LogP contribution in [0.4, 0.5) is 0 Å². The van der Waals surface area contributed by atoms with Crippen LogP contribution in [-0.4, -0.2) is 0 Å². The summed E-state index contributed by atoms with van der Waals surface area (Å²) < 4.78 is 3.79. The molecular formula is C12H8BrClS3. The second-order valence-electron chi connectivity index (χ2n) is 3.73. The van der Waals surface area contributed by atoms with E-state index in [1.54, 1.807) is 34.0 Å². The van der Waals surface area contributed by atoms with Crippen LogP contribution in [0.3, 0.4) is 0 Å². The van der Waals surface area contributed by atoms with E-state index in [0.717, 1.165) is 4.47 Å². The molecule has 0 N–H and O–H groups in total. The topological polar surface area (TPSA) is 0 Å².